The molecule has 0 saturated heterocycles. The van der Waals surface area contributed by atoms with Crippen molar-refractivity contribution in [1.29, 1.82) is 5.26 Å². The van der Waals surface area contributed by atoms with E-state index in [4.69, 9.17) is 11.7 Å². The van der Waals surface area contributed by atoms with Crippen LogP contribution in [0.15, 0.2) is 24.3 Å². The Bertz CT molecular complexity index is 947. The summed E-state index contributed by atoms with van der Waals surface area (Å²) in [6.07, 6.45) is 6.34. The maximum atomic E-state index is 12.4. The van der Waals surface area contributed by atoms with Gasteiger partial charge in [0.25, 0.3) is 5.91 Å². The van der Waals surface area contributed by atoms with Gasteiger partial charge < -0.3 is 10.6 Å². The summed E-state index contributed by atoms with van der Waals surface area (Å²) in [6, 6.07) is 8.90. The lowest BCUT2D eigenvalue weighted by molar-refractivity contribution is -0.116. The number of aryl methyl sites for hydroxylation is 2. The molecular weight excluding hydrogens is 354 g/mol. The molecule has 7 nitrogen and oxygen atoms in total. The van der Waals surface area contributed by atoms with Gasteiger partial charge in [-0.3, -0.25) is 14.3 Å². The molecule has 2 rings (SSSR count). The van der Waals surface area contributed by atoms with E-state index in [1.165, 1.54) is 0 Å². The summed E-state index contributed by atoms with van der Waals surface area (Å²) in [5.41, 5.74) is 3.64. The number of rotatable bonds is 8. The molecule has 0 atom stereocenters. The molecule has 1 heterocycles. The van der Waals surface area contributed by atoms with Crippen molar-refractivity contribution in [1.82, 2.24) is 15.1 Å². The number of nitriles is 1. The largest absolute Gasteiger partial charge is 0.341 e. The first kappa shape index (κ1) is 20.7. The maximum absolute atomic E-state index is 12.4. The third-order valence-corrected chi connectivity index (χ3v) is 4.37. The summed E-state index contributed by atoms with van der Waals surface area (Å²) in [7, 11) is 0. The van der Waals surface area contributed by atoms with Crippen molar-refractivity contribution in [2.45, 2.75) is 39.7 Å². The van der Waals surface area contributed by atoms with Gasteiger partial charge in [0.05, 0.1) is 42.5 Å². The first-order chi connectivity index (χ1) is 13.5. The maximum Gasteiger partial charge on any atom is 0.254 e. The van der Waals surface area contributed by atoms with Crippen LogP contribution in [0.25, 0.3) is 0 Å². The fourth-order valence-corrected chi connectivity index (χ4v) is 2.94. The predicted molar refractivity (Wildman–Crippen MR) is 106 cm³/mol. The number of amides is 2. The lowest BCUT2D eigenvalue weighted by Gasteiger charge is -2.11. The van der Waals surface area contributed by atoms with E-state index in [0.717, 1.165) is 17.0 Å². The normalized spacial score (nSPS) is 10.0. The fraction of sp³-hybridized carbons (Fsp3) is 0.333. The smallest absolute Gasteiger partial charge is 0.254 e. The van der Waals surface area contributed by atoms with Gasteiger partial charge in [-0.15, -0.1) is 6.42 Å². The van der Waals surface area contributed by atoms with Gasteiger partial charge in [0, 0.05) is 12.1 Å². The van der Waals surface area contributed by atoms with Gasteiger partial charge in [0.2, 0.25) is 5.91 Å². The minimum absolute atomic E-state index is 0.120. The van der Waals surface area contributed by atoms with Crippen LogP contribution < -0.4 is 10.6 Å². The van der Waals surface area contributed by atoms with Crippen LogP contribution in [0.2, 0.25) is 0 Å². The Hall–Kier alpha value is -3.58. The summed E-state index contributed by atoms with van der Waals surface area (Å²) in [5, 5.41) is 18.6. The van der Waals surface area contributed by atoms with Crippen molar-refractivity contribution in [3.63, 3.8) is 0 Å². The highest BCUT2D eigenvalue weighted by Gasteiger charge is 2.15. The molecule has 2 N–H and O–H groups in total. The number of hydrogen-bond acceptors (Lipinski definition) is 4. The van der Waals surface area contributed by atoms with Gasteiger partial charge in [-0.1, -0.05) is 18.1 Å². The number of aromatic nitrogens is 2. The zero-order valence-electron chi connectivity index (χ0n) is 16.1. The van der Waals surface area contributed by atoms with Crippen LogP contribution in [0.5, 0.6) is 0 Å². The second-order valence-corrected chi connectivity index (χ2v) is 6.26. The number of carbonyl (C=O) groups is 2. The summed E-state index contributed by atoms with van der Waals surface area (Å²) in [6.45, 7) is 4.49. The van der Waals surface area contributed by atoms with Crippen LogP contribution >= 0.6 is 0 Å². The Labute approximate surface area is 164 Å². The van der Waals surface area contributed by atoms with Crippen LogP contribution in [-0.2, 0) is 17.8 Å². The molecule has 0 bridgehead atoms. The van der Waals surface area contributed by atoms with Crippen LogP contribution in [-0.4, -0.2) is 28.1 Å². The van der Waals surface area contributed by atoms with Crippen molar-refractivity contribution in [3.05, 3.63) is 46.8 Å². The number of hydrogen-bond donors (Lipinski definition) is 2. The van der Waals surface area contributed by atoms with E-state index in [1.54, 1.807) is 28.9 Å². The Kier molecular flexibility index (Phi) is 7.36. The van der Waals surface area contributed by atoms with E-state index >= 15 is 0 Å². The van der Waals surface area contributed by atoms with Gasteiger partial charge in [-0.2, -0.15) is 10.4 Å². The summed E-state index contributed by atoms with van der Waals surface area (Å²) < 4.78 is 1.80. The SMILES string of the molecule is C#CCNC(=O)c1ccccc1NC(=O)CCc1c(C)nn(CCC#N)c1C. The average molecular weight is 377 g/mol. The van der Waals surface area contributed by atoms with Crippen molar-refractivity contribution in [2.24, 2.45) is 0 Å². The average Bonchev–Trinajstić information content (AvgIpc) is 2.96. The van der Waals surface area contributed by atoms with Gasteiger partial charge in [0.15, 0.2) is 0 Å². The molecular formula is C21H23N5O2. The molecule has 0 radical (unpaired) electrons. The van der Waals surface area contributed by atoms with Crippen LogP contribution in [0.3, 0.4) is 0 Å². The number of nitrogens with one attached hydrogen (secondary N) is 2. The minimum atomic E-state index is -0.334. The standard InChI is InChI=1S/C21H23N5O2/c1-4-13-23-21(28)18-8-5-6-9-19(18)24-20(27)11-10-17-15(2)25-26(16(17)3)14-7-12-22/h1,5-6,8-9H,7,10-11,13-14H2,2-3H3,(H,23,28)(H,24,27). The molecule has 1 aromatic carbocycles. The molecule has 144 valence electrons. The Morgan fingerprint density at radius 3 is 2.75 bits per heavy atom. The van der Waals surface area contributed by atoms with E-state index in [-0.39, 0.29) is 24.8 Å². The fourth-order valence-electron chi connectivity index (χ4n) is 2.94. The molecule has 2 aromatic rings. The van der Waals surface area contributed by atoms with Gasteiger partial charge in [-0.05, 0) is 38.0 Å². The van der Waals surface area contributed by atoms with Gasteiger partial charge in [0.1, 0.15) is 0 Å². The highest BCUT2D eigenvalue weighted by Crippen LogP contribution is 2.18. The molecule has 0 unspecified atom stereocenters. The number of nitrogens with zero attached hydrogens (tertiary/aromatic N) is 3. The van der Waals surface area contributed by atoms with Crippen LogP contribution in [0.4, 0.5) is 5.69 Å². The molecule has 2 amide bonds. The quantitative estimate of drug-likeness (QED) is 0.690. The summed E-state index contributed by atoms with van der Waals surface area (Å²) in [5.74, 6) is 1.82. The molecule has 0 aliphatic rings. The molecule has 0 fully saturated rings. The second-order valence-electron chi connectivity index (χ2n) is 6.26. The van der Waals surface area contributed by atoms with E-state index < -0.39 is 0 Å². The number of terminal acetylenes is 1. The topological polar surface area (TPSA) is 99.8 Å². The van der Waals surface area contributed by atoms with E-state index in [2.05, 4.69) is 27.7 Å². The molecule has 28 heavy (non-hydrogen) atoms. The lowest BCUT2D eigenvalue weighted by atomic mass is 10.1. The molecule has 7 heteroatoms. The highest BCUT2D eigenvalue weighted by atomic mass is 16.2. The summed E-state index contributed by atoms with van der Waals surface area (Å²) >= 11 is 0. The molecule has 0 saturated carbocycles. The lowest BCUT2D eigenvalue weighted by Crippen LogP contribution is -2.25. The first-order valence-corrected chi connectivity index (χ1v) is 8.98. The molecule has 0 aliphatic carbocycles. The number of carbonyl (C=O) groups excluding carboxylic acids is 2. The first-order valence-electron chi connectivity index (χ1n) is 8.98. The Balaban J connectivity index is 2.03. The monoisotopic (exact) mass is 377 g/mol. The molecule has 1 aromatic heterocycles. The zero-order valence-corrected chi connectivity index (χ0v) is 16.1. The van der Waals surface area contributed by atoms with Crippen LogP contribution in [0.1, 0.15) is 40.2 Å². The Morgan fingerprint density at radius 1 is 1.29 bits per heavy atom. The second kappa shape index (κ2) is 9.94. The predicted octanol–water partition coefficient (Wildman–Crippen LogP) is 2.35. The van der Waals surface area contributed by atoms with Crippen molar-refractivity contribution in [3.8, 4) is 18.4 Å². The van der Waals surface area contributed by atoms with E-state index in [0.29, 0.717) is 30.6 Å². The number of para-hydroxylation sites is 1. The number of anilines is 1. The van der Waals surface area contributed by atoms with Crippen LogP contribution in [0, 0.1) is 37.5 Å². The Morgan fingerprint density at radius 2 is 2.04 bits per heavy atom. The number of benzene rings is 1. The zero-order chi connectivity index (χ0) is 20.5. The highest BCUT2D eigenvalue weighted by molar-refractivity contribution is 6.03. The van der Waals surface area contributed by atoms with Crippen molar-refractivity contribution >= 4 is 17.5 Å². The van der Waals surface area contributed by atoms with Crippen molar-refractivity contribution in [2.75, 3.05) is 11.9 Å². The van der Waals surface area contributed by atoms with Gasteiger partial charge in [-0.25, -0.2) is 0 Å². The van der Waals surface area contributed by atoms with Crippen molar-refractivity contribution < 1.29 is 9.59 Å². The van der Waals surface area contributed by atoms with Gasteiger partial charge >= 0.3 is 0 Å². The minimum Gasteiger partial charge on any atom is -0.341 e. The molecule has 0 aliphatic heterocycles. The summed E-state index contributed by atoms with van der Waals surface area (Å²) in [4.78, 5) is 24.6. The third-order valence-electron chi connectivity index (χ3n) is 4.37. The van der Waals surface area contributed by atoms with E-state index in [9.17, 15) is 9.59 Å². The third kappa shape index (κ3) is 5.21. The molecule has 0 spiro atoms. The van der Waals surface area contributed by atoms with E-state index in [1.807, 2.05) is 13.8 Å².